The van der Waals surface area contributed by atoms with Gasteiger partial charge in [-0.15, -0.1) is 0 Å². The number of nitro groups is 1. The first-order chi connectivity index (χ1) is 10.4. The highest BCUT2D eigenvalue weighted by molar-refractivity contribution is 6.03. The number of carbonyl (C=O) groups is 2. The Balaban J connectivity index is 2.30. The van der Waals surface area contributed by atoms with Crippen LogP contribution in [0.25, 0.3) is 0 Å². The summed E-state index contributed by atoms with van der Waals surface area (Å²) in [7, 11) is 0. The van der Waals surface area contributed by atoms with Gasteiger partial charge in [0.05, 0.1) is 10.5 Å². The maximum Gasteiger partial charge on any atom is 0.329 e. The molecule has 0 bridgehead atoms. The molecule has 1 saturated carbocycles. The predicted molar refractivity (Wildman–Crippen MR) is 78.4 cm³/mol. The number of rotatable bonds is 4. The number of carboxylic acids is 1. The number of carboxylic acid groups (broad SMARTS) is 1. The number of anilines is 1. The molecule has 1 aromatic rings. The normalized spacial score (nSPS) is 16.7. The van der Waals surface area contributed by atoms with E-state index in [9.17, 15) is 24.8 Å². The highest BCUT2D eigenvalue weighted by Crippen LogP contribution is 2.30. The average Bonchev–Trinajstić information content (AvgIpc) is 2.47. The van der Waals surface area contributed by atoms with E-state index in [0.717, 1.165) is 6.42 Å². The second kappa shape index (κ2) is 6.00. The molecule has 22 heavy (non-hydrogen) atoms. The van der Waals surface area contributed by atoms with Crippen LogP contribution in [0.15, 0.2) is 18.2 Å². The Kier molecular flexibility index (Phi) is 4.30. The zero-order valence-corrected chi connectivity index (χ0v) is 11.9. The van der Waals surface area contributed by atoms with Gasteiger partial charge in [-0.25, -0.2) is 4.79 Å². The summed E-state index contributed by atoms with van der Waals surface area (Å²) in [6, 6.07) is 3.88. The molecule has 0 aromatic heterocycles. The summed E-state index contributed by atoms with van der Waals surface area (Å²) >= 11 is 0. The molecule has 2 rings (SSSR count). The van der Waals surface area contributed by atoms with Gasteiger partial charge in [-0.1, -0.05) is 25.3 Å². The molecule has 1 aliphatic rings. The fraction of sp³-hybridized carbons (Fsp3) is 0.429. The van der Waals surface area contributed by atoms with E-state index in [4.69, 9.17) is 5.73 Å². The summed E-state index contributed by atoms with van der Waals surface area (Å²) in [5, 5.41) is 22.8. The van der Waals surface area contributed by atoms with Gasteiger partial charge in [-0.05, 0) is 18.9 Å². The van der Waals surface area contributed by atoms with Gasteiger partial charge in [0.2, 0.25) is 0 Å². The standard InChI is InChI=1S/C14H17N3O5/c15-11-9(5-4-6-10(11)17(21)22)12(18)16-14(13(19)20)7-2-1-3-8-14/h4-6H,1-3,7-8,15H2,(H,16,18)(H,19,20). The van der Waals surface area contributed by atoms with Gasteiger partial charge in [0.15, 0.2) is 0 Å². The number of para-hydroxylation sites is 1. The number of nitrogens with one attached hydrogen (secondary N) is 1. The van der Waals surface area contributed by atoms with Gasteiger partial charge < -0.3 is 16.2 Å². The van der Waals surface area contributed by atoms with E-state index in [2.05, 4.69) is 5.32 Å². The molecule has 4 N–H and O–H groups in total. The van der Waals surface area contributed by atoms with Gasteiger partial charge in [0.25, 0.3) is 11.6 Å². The van der Waals surface area contributed by atoms with Crippen LogP contribution in [-0.2, 0) is 4.79 Å². The minimum absolute atomic E-state index is 0.0830. The lowest BCUT2D eigenvalue weighted by molar-refractivity contribution is -0.383. The third-order valence-electron chi connectivity index (χ3n) is 3.99. The molecule has 0 aliphatic heterocycles. The minimum Gasteiger partial charge on any atom is -0.480 e. The van der Waals surface area contributed by atoms with Crippen LogP contribution in [-0.4, -0.2) is 27.4 Å². The molecule has 0 radical (unpaired) electrons. The van der Waals surface area contributed by atoms with E-state index < -0.39 is 22.3 Å². The average molecular weight is 307 g/mol. The molecule has 118 valence electrons. The number of carbonyl (C=O) groups excluding carboxylic acids is 1. The van der Waals surface area contributed by atoms with Gasteiger partial charge in [-0.3, -0.25) is 14.9 Å². The van der Waals surface area contributed by atoms with Gasteiger partial charge in [0.1, 0.15) is 11.2 Å². The number of hydrogen-bond donors (Lipinski definition) is 3. The number of nitrogens with two attached hydrogens (primary N) is 1. The van der Waals surface area contributed by atoms with E-state index in [0.29, 0.717) is 25.7 Å². The van der Waals surface area contributed by atoms with E-state index in [-0.39, 0.29) is 16.9 Å². The number of benzene rings is 1. The lowest BCUT2D eigenvalue weighted by Gasteiger charge is -2.34. The smallest absolute Gasteiger partial charge is 0.329 e. The van der Waals surface area contributed by atoms with E-state index >= 15 is 0 Å². The zero-order chi connectivity index (χ0) is 16.3. The van der Waals surface area contributed by atoms with E-state index in [1.54, 1.807) is 0 Å². The van der Waals surface area contributed by atoms with Crippen molar-refractivity contribution in [1.29, 1.82) is 0 Å². The highest BCUT2D eigenvalue weighted by atomic mass is 16.6. The molecular formula is C14H17N3O5. The van der Waals surface area contributed by atoms with Crippen LogP contribution in [0.1, 0.15) is 42.5 Å². The Morgan fingerprint density at radius 1 is 1.27 bits per heavy atom. The van der Waals surface area contributed by atoms with Crippen molar-refractivity contribution in [3.8, 4) is 0 Å². The van der Waals surface area contributed by atoms with Crippen molar-refractivity contribution >= 4 is 23.3 Å². The molecule has 1 fully saturated rings. The molecule has 1 aliphatic carbocycles. The van der Waals surface area contributed by atoms with Crippen molar-refractivity contribution in [3.63, 3.8) is 0 Å². The molecule has 0 heterocycles. The number of hydrogen-bond acceptors (Lipinski definition) is 5. The van der Waals surface area contributed by atoms with Gasteiger partial charge >= 0.3 is 5.97 Å². The SMILES string of the molecule is Nc1c(C(=O)NC2(C(=O)O)CCCCC2)cccc1[N+](=O)[O-]. The molecule has 8 nitrogen and oxygen atoms in total. The van der Waals surface area contributed by atoms with Crippen LogP contribution in [0.4, 0.5) is 11.4 Å². The van der Waals surface area contributed by atoms with Gasteiger partial charge in [-0.2, -0.15) is 0 Å². The Morgan fingerprint density at radius 3 is 2.45 bits per heavy atom. The molecule has 0 saturated heterocycles. The topological polar surface area (TPSA) is 136 Å². The summed E-state index contributed by atoms with van der Waals surface area (Å²) in [5.74, 6) is -1.80. The fourth-order valence-electron chi connectivity index (χ4n) is 2.74. The molecular weight excluding hydrogens is 290 g/mol. The first kappa shape index (κ1) is 15.7. The molecule has 0 unspecified atom stereocenters. The van der Waals surface area contributed by atoms with Crippen LogP contribution >= 0.6 is 0 Å². The van der Waals surface area contributed by atoms with Crippen LogP contribution in [0, 0.1) is 10.1 Å². The van der Waals surface area contributed by atoms with E-state index in [1.165, 1.54) is 18.2 Å². The number of nitrogens with zero attached hydrogens (tertiary/aromatic N) is 1. The summed E-state index contributed by atoms with van der Waals surface area (Å²) in [6.07, 6.45) is 3.00. The lowest BCUT2D eigenvalue weighted by Crippen LogP contribution is -2.55. The minimum atomic E-state index is -1.33. The van der Waals surface area contributed by atoms with Crippen molar-refractivity contribution in [1.82, 2.24) is 5.32 Å². The quantitative estimate of drug-likeness (QED) is 0.440. The third-order valence-corrected chi connectivity index (χ3v) is 3.99. The number of nitro benzene ring substituents is 1. The van der Waals surface area contributed by atoms with E-state index in [1.807, 2.05) is 0 Å². The molecule has 1 aromatic carbocycles. The molecule has 8 heteroatoms. The van der Waals surface area contributed by atoms with Crippen molar-refractivity contribution in [3.05, 3.63) is 33.9 Å². The van der Waals surface area contributed by atoms with Crippen molar-refractivity contribution in [2.45, 2.75) is 37.6 Å². The highest BCUT2D eigenvalue weighted by Gasteiger charge is 2.41. The second-order valence-corrected chi connectivity index (χ2v) is 5.40. The Bertz CT molecular complexity index is 623. The predicted octanol–water partition coefficient (Wildman–Crippen LogP) is 1.69. The largest absolute Gasteiger partial charge is 0.480 e. The monoisotopic (exact) mass is 307 g/mol. The summed E-state index contributed by atoms with van der Waals surface area (Å²) in [6.45, 7) is 0. The Hall–Kier alpha value is -2.64. The summed E-state index contributed by atoms with van der Waals surface area (Å²) in [5.41, 5.74) is 3.61. The summed E-state index contributed by atoms with van der Waals surface area (Å²) < 4.78 is 0. The van der Waals surface area contributed by atoms with Crippen molar-refractivity contribution in [2.75, 3.05) is 5.73 Å². The van der Waals surface area contributed by atoms with Crippen molar-refractivity contribution < 1.29 is 19.6 Å². The second-order valence-electron chi connectivity index (χ2n) is 5.40. The number of aliphatic carboxylic acids is 1. The fourth-order valence-corrected chi connectivity index (χ4v) is 2.74. The molecule has 0 atom stereocenters. The molecule has 0 spiro atoms. The van der Waals surface area contributed by atoms with Gasteiger partial charge in [0, 0.05) is 6.07 Å². The first-order valence-electron chi connectivity index (χ1n) is 6.96. The van der Waals surface area contributed by atoms with Crippen LogP contribution in [0.2, 0.25) is 0 Å². The first-order valence-corrected chi connectivity index (χ1v) is 6.96. The molecule has 1 amide bonds. The van der Waals surface area contributed by atoms with Crippen molar-refractivity contribution in [2.24, 2.45) is 0 Å². The third kappa shape index (κ3) is 2.85. The maximum atomic E-state index is 12.3. The number of amides is 1. The van der Waals surface area contributed by atoms with Crippen LogP contribution < -0.4 is 11.1 Å². The Morgan fingerprint density at radius 2 is 1.91 bits per heavy atom. The van der Waals surface area contributed by atoms with Crippen LogP contribution in [0.5, 0.6) is 0 Å². The lowest BCUT2D eigenvalue weighted by atomic mass is 9.81. The zero-order valence-electron chi connectivity index (χ0n) is 11.9. The Labute approximate surface area is 126 Å². The maximum absolute atomic E-state index is 12.3. The van der Waals surface area contributed by atoms with Crippen LogP contribution in [0.3, 0.4) is 0 Å². The number of nitrogen functional groups attached to an aromatic ring is 1. The summed E-state index contributed by atoms with van der Waals surface area (Å²) in [4.78, 5) is 34.1.